The minimum atomic E-state index is -0.469. The van der Waals surface area contributed by atoms with Gasteiger partial charge in [0.1, 0.15) is 5.82 Å². The van der Waals surface area contributed by atoms with Crippen molar-refractivity contribution < 1.29 is 9.59 Å². The lowest BCUT2D eigenvalue weighted by molar-refractivity contribution is 0.0245. The topological polar surface area (TPSA) is 135 Å². The summed E-state index contributed by atoms with van der Waals surface area (Å²) in [6.45, 7) is 6.23. The molecule has 11 nitrogen and oxygen atoms in total. The van der Waals surface area contributed by atoms with Crippen LogP contribution in [0.3, 0.4) is 0 Å². The molecule has 3 aromatic rings. The molecule has 1 unspecified atom stereocenters. The van der Waals surface area contributed by atoms with Gasteiger partial charge in [-0.3, -0.25) is 13.9 Å². The van der Waals surface area contributed by atoms with Gasteiger partial charge in [-0.15, -0.1) is 5.23 Å². The summed E-state index contributed by atoms with van der Waals surface area (Å²) >= 11 is 0. The van der Waals surface area contributed by atoms with Crippen LogP contribution in [-0.2, 0) is 32.5 Å². The van der Waals surface area contributed by atoms with Crippen molar-refractivity contribution in [3.63, 3.8) is 0 Å². The number of hydrogen-bond donors (Lipinski definition) is 4. The summed E-state index contributed by atoms with van der Waals surface area (Å²) in [5, 5.41) is 13.6. The highest BCUT2D eigenvalue weighted by molar-refractivity contribution is 5.71. The number of nitrogens with two attached hydrogens (primary N) is 1. The molecule has 12 heteroatoms. The van der Waals surface area contributed by atoms with E-state index < -0.39 is 11.8 Å². The first-order valence-electron chi connectivity index (χ1n) is 14.2. The van der Waals surface area contributed by atoms with Crippen LogP contribution in [0.25, 0.3) is 11.2 Å². The van der Waals surface area contributed by atoms with Gasteiger partial charge in [-0.25, -0.2) is 15.2 Å². The monoisotopic (exact) mass is 556 g/mol. The number of rotatable bonds is 15. The van der Waals surface area contributed by atoms with Gasteiger partial charge in [0.2, 0.25) is 0 Å². The predicted octanol–water partition coefficient (Wildman–Crippen LogP) is 1.87. The average Bonchev–Trinajstić information content (AvgIpc) is 3.52. The number of aryl methyl sites for hydroxylation is 2. The second-order valence-electron chi connectivity index (χ2n) is 10.2. The Morgan fingerprint density at radius 3 is 2.55 bits per heavy atom. The molecule has 218 valence electrons. The zero-order valence-corrected chi connectivity index (χ0v) is 23.4. The van der Waals surface area contributed by atoms with Crippen LogP contribution in [0.1, 0.15) is 50.9 Å². The predicted molar refractivity (Wildman–Crippen MR) is 154 cm³/mol. The minimum Gasteiger partial charge on any atom is -0.399 e. The number of nitrogens with zero attached hydrogens (tertiary/aromatic N) is 5. The lowest BCUT2D eigenvalue weighted by atomic mass is 10.1. The van der Waals surface area contributed by atoms with Gasteiger partial charge in [0.05, 0.1) is 18.2 Å². The number of hydrazine groups is 1. The van der Waals surface area contributed by atoms with E-state index in [-0.39, 0.29) is 12.0 Å². The van der Waals surface area contributed by atoms with E-state index in [1.54, 1.807) is 15.2 Å². The molecule has 0 fully saturated rings. The number of anilines is 1. The van der Waals surface area contributed by atoms with Crippen LogP contribution < -0.4 is 27.7 Å². The molecule has 1 aliphatic rings. The van der Waals surface area contributed by atoms with Gasteiger partial charge >= 0.3 is 5.69 Å². The number of fused-ring (bicyclic) bond motifs is 1. The second kappa shape index (κ2) is 13.7. The van der Waals surface area contributed by atoms with Crippen molar-refractivity contribution in [1.29, 1.82) is 0 Å². The Labute approximate surface area is 233 Å². The van der Waals surface area contributed by atoms with Crippen LogP contribution >= 0.6 is 0 Å². The van der Waals surface area contributed by atoms with E-state index in [2.05, 4.69) is 17.7 Å². The molecule has 0 radical (unpaired) electrons. The summed E-state index contributed by atoms with van der Waals surface area (Å²) in [5.41, 5.74) is 10.3. The van der Waals surface area contributed by atoms with Crippen LogP contribution in [0.2, 0.25) is 0 Å². The Morgan fingerprint density at radius 1 is 1.10 bits per heavy atom. The molecule has 4 rings (SSSR count). The van der Waals surface area contributed by atoms with Gasteiger partial charge in [0.25, 0.3) is 5.56 Å². The molecule has 0 saturated heterocycles. The number of hydrogen-bond acceptors (Lipinski definition) is 8. The number of halogens is 1. The Hall–Kier alpha value is -3.48. The number of aromatic nitrogens is 4. The molecule has 0 amide bonds. The fourth-order valence-electron chi connectivity index (χ4n) is 4.89. The Morgan fingerprint density at radius 2 is 1.88 bits per heavy atom. The summed E-state index contributed by atoms with van der Waals surface area (Å²) < 4.78 is 19.0. The quantitative estimate of drug-likeness (QED) is 0.127. The number of aliphatic hydroxyl groups excluding tert-OH is 1. The van der Waals surface area contributed by atoms with Crippen molar-refractivity contribution in [3.8, 4) is 0 Å². The van der Waals surface area contributed by atoms with Crippen LogP contribution in [0, 0.1) is 0 Å². The molecule has 1 aromatic carbocycles. The maximum absolute atomic E-state index is 14.3. The van der Waals surface area contributed by atoms with E-state index in [1.165, 1.54) is 4.57 Å². The zero-order valence-electron chi connectivity index (χ0n) is 23.4. The van der Waals surface area contributed by atoms with Crippen LogP contribution in [0.15, 0.2) is 45.6 Å². The van der Waals surface area contributed by atoms with E-state index in [1.807, 2.05) is 31.2 Å². The van der Waals surface area contributed by atoms with E-state index in [4.69, 9.17) is 10.7 Å². The number of aliphatic hydroxyl groups is 1. The summed E-state index contributed by atoms with van der Waals surface area (Å²) in [6.07, 6.45) is 5.16. The van der Waals surface area contributed by atoms with Gasteiger partial charge in [-0.2, -0.15) is 0 Å². The zero-order chi connectivity index (χ0) is 28.6. The highest BCUT2D eigenvalue weighted by Crippen LogP contribution is 2.19. The van der Waals surface area contributed by atoms with Gasteiger partial charge in [0, 0.05) is 45.0 Å². The van der Waals surface area contributed by atoms with Crippen molar-refractivity contribution in [2.24, 2.45) is 0 Å². The molecular weight excluding hydrogens is 515 g/mol. The number of unbranched alkanes of at least 4 members (excludes halogenated alkanes) is 2. The molecule has 0 spiro atoms. The van der Waals surface area contributed by atoms with Crippen LogP contribution in [-0.4, -0.2) is 54.8 Å². The molecule has 2 aromatic heterocycles. The third kappa shape index (κ3) is 6.80. The normalized spacial score (nSPS) is 14.3. The van der Waals surface area contributed by atoms with Gasteiger partial charge < -0.3 is 20.7 Å². The molecule has 1 aliphatic heterocycles. The standard InChI is InChI=1S/C28H41FN8O3/c1-3-5-6-15-36-27(39)25-26(35(28(36)40)16-12-20-7-9-21(30)10-8-20)33-24(18-22-11-13-32-37(22)29)34(25)17-14-31-19-23(38)4-2/h7-11,23,31-32,38H,3-6,12-19,30H2,1-2H3. The summed E-state index contributed by atoms with van der Waals surface area (Å²) in [5.74, 6) is 0.495. The van der Waals surface area contributed by atoms with Crippen molar-refractivity contribution in [2.45, 2.75) is 78.1 Å². The molecule has 0 saturated carbocycles. The molecule has 5 N–H and O–H groups in total. The van der Waals surface area contributed by atoms with Gasteiger partial charge in [-0.1, -0.05) is 43.3 Å². The number of nitrogens with one attached hydrogen (secondary N) is 2. The highest BCUT2D eigenvalue weighted by Gasteiger charge is 2.24. The van der Waals surface area contributed by atoms with E-state index in [0.717, 1.165) is 18.4 Å². The van der Waals surface area contributed by atoms with E-state index in [0.29, 0.717) is 92.1 Å². The fourth-order valence-corrected chi connectivity index (χ4v) is 4.89. The maximum Gasteiger partial charge on any atom is 0.332 e. The average molecular weight is 557 g/mol. The van der Waals surface area contributed by atoms with Crippen LogP contribution in [0.4, 0.5) is 10.2 Å². The number of imidazole rings is 1. The van der Waals surface area contributed by atoms with Crippen molar-refractivity contribution in [1.82, 2.24) is 34.7 Å². The van der Waals surface area contributed by atoms with E-state index in [9.17, 15) is 19.2 Å². The van der Waals surface area contributed by atoms with Gasteiger partial charge in [-0.05, 0) is 43.0 Å². The largest absolute Gasteiger partial charge is 0.399 e. The Balaban J connectivity index is 1.79. The van der Waals surface area contributed by atoms with Crippen molar-refractivity contribution in [2.75, 3.05) is 25.4 Å². The maximum atomic E-state index is 14.3. The summed E-state index contributed by atoms with van der Waals surface area (Å²) in [7, 11) is 0. The number of nitrogen functional groups attached to an aromatic ring is 1. The molecule has 40 heavy (non-hydrogen) atoms. The molecule has 3 heterocycles. The SMILES string of the molecule is CCCCCn1c(=O)c2c(nc(CC3=CCNN3F)n2CCNCC(O)CC)n(CCc2ccc(N)cc2)c1=O. The first-order valence-corrected chi connectivity index (χ1v) is 14.2. The van der Waals surface area contributed by atoms with Crippen molar-refractivity contribution >= 4 is 16.9 Å². The Kier molecular flexibility index (Phi) is 10.1. The summed E-state index contributed by atoms with van der Waals surface area (Å²) in [6, 6.07) is 7.48. The third-order valence-corrected chi connectivity index (χ3v) is 7.31. The molecular formula is C28H41FN8O3. The number of allylic oxidation sites excluding steroid dienone is 1. The van der Waals surface area contributed by atoms with Crippen molar-refractivity contribution in [3.05, 3.63) is 68.3 Å². The highest BCUT2D eigenvalue weighted by atomic mass is 19.2. The lowest BCUT2D eigenvalue weighted by Gasteiger charge is -2.15. The smallest absolute Gasteiger partial charge is 0.332 e. The lowest BCUT2D eigenvalue weighted by Crippen LogP contribution is -2.41. The van der Waals surface area contributed by atoms with Gasteiger partial charge in [0.15, 0.2) is 11.2 Å². The van der Waals surface area contributed by atoms with Crippen LogP contribution in [0.5, 0.6) is 0 Å². The molecule has 0 bridgehead atoms. The number of benzene rings is 1. The summed E-state index contributed by atoms with van der Waals surface area (Å²) in [4.78, 5) is 32.3. The Bertz CT molecular complexity index is 1430. The molecule has 0 aliphatic carbocycles. The van der Waals surface area contributed by atoms with E-state index >= 15 is 0 Å². The minimum absolute atomic E-state index is 0.150. The second-order valence-corrected chi connectivity index (χ2v) is 10.2. The first kappa shape index (κ1) is 29.5. The molecule has 1 atom stereocenters. The first-order chi connectivity index (χ1) is 19.3. The fraction of sp³-hybridized carbons (Fsp3) is 0.536. The third-order valence-electron chi connectivity index (χ3n) is 7.31.